The van der Waals surface area contributed by atoms with Crippen LogP contribution in [0.1, 0.15) is 37.1 Å². The van der Waals surface area contributed by atoms with E-state index >= 15 is 0 Å². The Morgan fingerprint density at radius 2 is 2.33 bits per heavy atom. The minimum atomic E-state index is 0.636. The van der Waals surface area contributed by atoms with Gasteiger partial charge in [-0.25, -0.2) is 4.98 Å². The lowest BCUT2D eigenvalue weighted by Gasteiger charge is -2.41. The molecule has 3 nitrogen and oxygen atoms in total. The lowest BCUT2D eigenvalue weighted by molar-refractivity contribution is 0.0899. The number of hydrogen-bond acceptors (Lipinski definition) is 4. The van der Waals surface area contributed by atoms with Gasteiger partial charge in [-0.2, -0.15) is 0 Å². The fourth-order valence-electron chi connectivity index (χ4n) is 2.66. The summed E-state index contributed by atoms with van der Waals surface area (Å²) in [5.41, 5.74) is 0. The van der Waals surface area contributed by atoms with Crippen LogP contribution in [0.15, 0.2) is 6.20 Å². The van der Waals surface area contributed by atoms with Crippen LogP contribution in [-0.2, 0) is 6.54 Å². The van der Waals surface area contributed by atoms with Gasteiger partial charge in [0, 0.05) is 36.2 Å². The average Bonchev–Trinajstić information content (AvgIpc) is 2.74. The van der Waals surface area contributed by atoms with Crippen LogP contribution in [0.5, 0.6) is 0 Å². The second kappa shape index (κ2) is 6.13. The Kier molecular flexibility index (Phi) is 4.76. The second-order valence-electron chi connectivity index (χ2n) is 5.62. The van der Waals surface area contributed by atoms with E-state index in [2.05, 4.69) is 42.9 Å². The van der Waals surface area contributed by atoms with Crippen molar-refractivity contribution < 1.29 is 0 Å². The quantitative estimate of drug-likeness (QED) is 0.909. The minimum absolute atomic E-state index is 0.636. The number of rotatable bonds is 4. The van der Waals surface area contributed by atoms with Crippen LogP contribution >= 0.6 is 11.3 Å². The maximum absolute atomic E-state index is 4.51. The molecule has 1 aromatic heterocycles. The van der Waals surface area contributed by atoms with Gasteiger partial charge >= 0.3 is 0 Å². The van der Waals surface area contributed by atoms with Gasteiger partial charge in [-0.05, 0) is 19.3 Å². The summed E-state index contributed by atoms with van der Waals surface area (Å²) in [6.45, 7) is 12.3. The summed E-state index contributed by atoms with van der Waals surface area (Å²) < 4.78 is 0. The highest BCUT2D eigenvalue weighted by atomic mass is 32.1. The van der Waals surface area contributed by atoms with Crippen molar-refractivity contribution in [1.29, 1.82) is 0 Å². The van der Waals surface area contributed by atoms with E-state index in [0.29, 0.717) is 18.0 Å². The molecule has 2 heterocycles. The molecule has 0 amide bonds. The summed E-state index contributed by atoms with van der Waals surface area (Å²) in [5, 5.41) is 4.92. The van der Waals surface area contributed by atoms with E-state index in [0.717, 1.165) is 19.6 Å². The molecule has 0 bridgehead atoms. The Hall–Kier alpha value is -0.450. The molecule has 0 saturated carbocycles. The van der Waals surface area contributed by atoms with Crippen molar-refractivity contribution in [3.63, 3.8) is 0 Å². The van der Waals surface area contributed by atoms with Crippen LogP contribution in [-0.4, -0.2) is 35.1 Å². The maximum atomic E-state index is 4.51. The number of nitrogens with one attached hydrogen (secondary N) is 1. The van der Waals surface area contributed by atoms with Gasteiger partial charge in [-0.1, -0.05) is 20.8 Å². The molecule has 4 heteroatoms. The fraction of sp³-hybridized carbons (Fsp3) is 0.786. The second-order valence-corrected chi connectivity index (χ2v) is 6.94. The first-order valence-electron chi connectivity index (χ1n) is 6.99. The van der Waals surface area contributed by atoms with Crippen LogP contribution in [0.25, 0.3) is 0 Å². The number of nitrogens with zero attached hydrogens (tertiary/aromatic N) is 2. The molecule has 1 saturated heterocycles. The molecule has 0 aromatic carbocycles. The van der Waals surface area contributed by atoms with Gasteiger partial charge < -0.3 is 5.32 Å². The highest BCUT2D eigenvalue weighted by Crippen LogP contribution is 2.21. The molecule has 2 rings (SSSR count). The monoisotopic (exact) mass is 267 g/mol. The van der Waals surface area contributed by atoms with E-state index in [1.807, 2.05) is 17.5 Å². The Balaban J connectivity index is 2.04. The van der Waals surface area contributed by atoms with Gasteiger partial charge in [0.15, 0.2) is 0 Å². The third-order valence-corrected chi connectivity index (χ3v) is 4.71. The smallest absolute Gasteiger partial charge is 0.107 e. The molecule has 102 valence electrons. The molecule has 2 atom stereocenters. The average molecular weight is 267 g/mol. The third-order valence-electron chi connectivity index (χ3n) is 3.81. The summed E-state index contributed by atoms with van der Waals surface area (Å²) in [4.78, 5) is 8.44. The van der Waals surface area contributed by atoms with E-state index in [4.69, 9.17) is 0 Å². The fourth-order valence-corrected chi connectivity index (χ4v) is 3.47. The summed E-state index contributed by atoms with van der Waals surface area (Å²) in [6.07, 6.45) is 3.20. The topological polar surface area (TPSA) is 28.2 Å². The normalized spacial score (nSPS) is 25.8. The summed E-state index contributed by atoms with van der Waals surface area (Å²) >= 11 is 1.83. The number of thiazole rings is 1. The number of hydrogen-bond donors (Lipinski definition) is 1. The molecule has 2 unspecified atom stereocenters. The van der Waals surface area contributed by atoms with Crippen molar-refractivity contribution in [1.82, 2.24) is 15.2 Å². The summed E-state index contributed by atoms with van der Waals surface area (Å²) in [7, 11) is 0. The molecule has 1 aromatic rings. The summed E-state index contributed by atoms with van der Waals surface area (Å²) in [6, 6.07) is 1.28. The van der Waals surface area contributed by atoms with Crippen molar-refractivity contribution >= 4 is 11.3 Å². The lowest BCUT2D eigenvalue weighted by atomic mass is 9.98. The van der Waals surface area contributed by atoms with Crippen LogP contribution in [0.4, 0.5) is 0 Å². The standard InChI is InChI=1S/C14H25N3S/c1-5-12-8-17(13(7-15-12)10(2)3)9-14-16-6-11(4)18-14/h6,10,12-13,15H,5,7-9H2,1-4H3. The van der Waals surface area contributed by atoms with Crippen molar-refractivity contribution in [3.05, 3.63) is 16.1 Å². The Bertz CT molecular complexity index is 375. The van der Waals surface area contributed by atoms with Crippen LogP contribution in [0, 0.1) is 12.8 Å². The first-order valence-corrected chi connectivity index (χ1v) is 7.80. The molecular formula is C14H25N3S. The highest BCUT2D eigenvalue weighted by Gasteiger charge is 2.29. The molecule has 0 radical (unpaired) electrons. The zero-order chi connectivity index (χ0) is 13.1. The van der Waals surface area contributed by atoms with Gasteiger partial charge in [-0.15, -0.1) is 11.3 Å². The Morgan fingerprint density at radius 1 is 1.56 bits per heavy atom. The molecule has 1 aliphatic heterocycles. The van der Waals surface area contributed by atoms with E-state index in [9.17, 15) is 0 Å². The zero-order valence-corrected chi connectivity index (χ0v) is 12.8. The minimum Gasteiger partial charge on any atom is -0.311 e. The molecule has 18 heavy (non-hydrogen) atoms. The first kappa shape index (κ1) is 14.0. The number of aromatic nitrogens is 1. The molecular weight excluding hydrogens is 242 g/mol. The Morgan fingerprint density at radius 3 is 2.89 bits per heavy atom. The predicted octanol–water partition coefficient (Wildman–Crippen LogP) is 2.66. The van der Waals surface area contributed by atoms with Crippen LogP contribution in [0.2, 0.25) is 0 Å². The van der Waals surface area contributed by atoms with Gasteiger partial charge in [0.25, 0.3) is 0 Å². The van der Waals surface area contributed by atoms with Gasteiger partial charge in [0.2, 0.25) is 0 Å². The van der Waals surface area contributed by atoms with Crippen molar-refractivity contribution in [2.24, 2.45) is 5.92 Å². The van der Waals surface area contributed by atoms with E-state index in [-0.39, 0.29) is 0 Å². The molecule has 0 spiro atoms. The van der Waals surface area contributed by atoms with Crippen molar-refractivity contribution in [2.75, 3.05) is 13.1 Å². The number of piperazine rings is 1. The van der Waals surface area contributed by atoms with Crippen molar-refractivity contribution in [3.8, 4) is 0 Å². The van der Waals surface area contributed by atoms with E-state index in [1.54, 1.807) is 0 Å². The van der Waals surface area contributed by atoms with Crippen LogP contribution < -0.4 is 5.32 Å². The lowest BCUT2D eigenvalue weighted by Crippen LogP contribution is -2.57. The summed E-state index contributed by atoms with van der Waals surface area (Å²) in [5.74, 6) is 0.691. The van der Waals surface area contributed by atoms with Crippen molar-refractivity contribution in [2.45, 2.75) is 52.7 Å². The first-order chi connectivity index (χ1) is 8.60. The highest BCUT2D eigenvalue weighted by molar-refractivity contribution is 7.11. The zero-order valence-electron chi connectivity index (χ0n) is 11.9. The molecule has 1 aliphatic rings. The predicted molar refractivity (Wildman–Crippen MR) is 78.0 cm³/mol. The van der Waals surface area contributed by atoms with E-state index < -0.39 is 0 Å². The molecule has 0 aliphatic carbocycles. The van der Waals surface area contributed by atoms with Gasteiger partial charge in [-0.3, -0.25) is 4.90 Å². The Labute approximate surface area is 115 Å². The van der Waals surface area contributed by atoms with E-state index in [1.165, 1.54) is 16.3 Å². The maximum Gasteiger partial charge on any atom is 0.107 e. The third kappa shape index (κ3) is 3.31. The molecule has 1 fully saturated rings. The SMILES string of the molecule is CCC1CN(Cc2ncc(C)s2)C(C(C)C)CN1. The van der Waals surface area contributed by atoms with Gasteiger partial charge in [0.1, 0.15) is 5.01 Å². The number of aryl methyl sites for hydroxylation is 1. The van der Waals surface area contributed by atoms with Gasteiger partial charge in [0.05, 0.1) is 6.54 Å². The largest absolute Gasteiger partial charge is 0.311 e. The molecule has 1 N–H and O–H groups in total. The van der Waals surface area contributed by atoms with Crippen LogP contribution in [0.3, 0.4) is 0 Å².